The fourth-order valence-corrected chi connectivity index (χ4v) is 2.42. The Morgan fingerprint density at radius 2 is 1.94 bits per heavy atom. The van der Waals surface area contributed by atoms with Crippen molar-refractivity contribution in [2.75, 3.05) is 0 Å². The quantitative estimate of drug-likeness (QED) is 0.801. The molecule has 0 radical (unpaired) electrons. The Morgan fingerprint density at radius 1 is 1.22 bits per heavy atom. The van der Waals surface area contributed by atoms with Crippen molar-refractivity contribution < 1.29 is 0 Å². The van der Waals surface area contributed by atoms with Gasteiger partial charge in [0, 0.05) is 24.5 Å². The Balaban J connectivity index is 2.57. The van der Waals surface area contributed by atoms with Crippen molar-refractivity contribution in [2.45, 2.75) is 33.6 Å². The van der Waals surface area contributed by atoms with Crippen LogP contribution in [0.5, 0.6) is 0 Å². The van der Waals surface area contributed by atoms with Crippen LogP contribution in [0.3, 0.4) is 0 Å². The topological polar surface area (TPSA) is 43.6 Å². The van der Waals surface area contributed by atoms with Gasteiger partial charge in [-0.1, -0.05) is 25.4 Å². The molecule has 96 valence electrons. The number of aryl methyl sites for hydroxylation is 3. The Kier molecular flexibility index (Phi) is 3.66. The van der Waals surface area contributed by atoms with Crippen molar-refractivity contribution in [3.8, 4) is 11.4 Å². The summed E-state index contributed by atoms with van der Waals surface area (Å²) in [5, 5.41) is 4.95. The summed E-state index contributed by atoms with van der Waals surface area (Å²) in [7, 11) is 1.90. The number of halogens is 1. The van der Waals surface area contributed by atoms with E-state index in [0.717, 1.165) is 35.4 Å². The monoisotopic (exact) mass is 264 g/mol. The van der Waals surface area contributed by atoms with Gasteiger partial charge in [-0.15, -0.1) is 0 Å². The number of nitrogens with zero attached hydrogens (tertiary/aromatic N) is 4. The van der Waals surface area contributed by atoms with Gasteiger partial charge in [0.15, 0.2) is 5.82 Å². The molecule has 0 saturated heterocycles. The SMILES string of the molecule is CCc1nn(C)cc1-c1nc(C)c(CC)c(Cl)n1. The minimum Gasteiger partial charge on any atom is -0.275 e. The number of aromatic nitrogens is 4. The fraction of sp³-hybridized carbons (Fsp3) is 0.462. The summed E-state index contributed by atoms with van der Waals surface area (Å²) in [6.45, 7) is 6.09. The fourth-order valence-electron chi connectivity index (χ4n) is 2.07. The van der Waals surface area contributed by atoms with Crippen molar-refractivity contribution in [3.63, 3.8) is 0 Å². The molecule has 2 rings (SSSR count). The molecule has 0 atom stereocenters. The second kappa shape index (κ2) is 5.06. The zero-order valence-electron chi connectivity index (χ0n) is 11.2. The summed E-state index contributed by atoms with van der Waals surface area (Å²) in [4.78, 5) is 8.95. The Morgan fingerprint density at radius 3 is 2.50 bits per heavy atom. The summed E-state index contributed by atoms with van der Waals surface area (Å²) in [6.07, 6.45) is 3.64. The molecule has 2 aromatic heterocycles. The van der Waals surface area contributed by atoms with E-state index in [9.17, 15) is 0 Å². The predicted molar refractivity (Wildman–Crippen MR) is 72.7 cm³/mol. The van der Waals surface area contributed by atoms with E-state index < -0.39 is 0 Å². The van der Waals surface area contributed by atoms with Crippen LogP contribution in [-0.2, 0) is 19.9 Å². The highest BCUT2D eigenvalue weighted by atomic mass is 35.5. The highest BCUT2D eigenvalue weighted by molar-refractivity contribution is 6.30. The molecule has 0 aromatic carbocycles. The third kappa shape index (κ3) is 2.25. The zero-order chi connectivity index (χ0) is 13.3. The lowest BCUT2D eigenvalue weighted by molar-refractivity contribution is 0.746. The largest absolute Gasteiger partial charge is 0.275 e. The van der Waals surface area contributed by atoms with Crippen molar-refractivity contribution in [1.82, 2.24) is 19.7 Å². The molecule has 0 amide bonds. The minimum atomic E-state index is 0.547. The summed E-state index contributed by atoms with van der Waals surface area (Å²) in [6, 6.07) is 0. The normalized spacial score (nSPS) is 10.9. The van der Waals surface area contributed by atoms with E-state index in [4.69, 9.17) is 11.6 Å². The van der Waals surface area contributed by atoms with Crippen molar-refractivity contribution in [1.29, 1.82) is 0 Å². The molecular formula is C13H17ClN4. The molecule has 0 aliphatic heterocycles. The van der Waals surface area contributed by atoms with Crippen LogP contribution in [0.25, 0.3) is 11.4 Å². The molecule has 0 fully saturated rings. The first-order valence-electron chi connectivity index (χ1n) is 6.12. The van der Waals surface area contributed by atoms with Crippen LogP contribution in [0.2, 0.25) is 5.15 Å². The van der Waals surface area contributed by atoms with Crippen molar-refractivity contribution >= 4 is 11.6 Å². The number of rotatable bonds is 3. The van der Waals surface area contributed by atoms with Gasteiger partial charge in [0.2, 0.25) is 0 Å². The molecule has 0 unspecified atom stereocenters. The van der Waals surface area contributed by atoms with E-state index in [1.807, 2.05) is 20.2 Å². The van der Waals surface area contributed by atoms with Crippen molar-refractivity contribution in [3.05, 3.63) is 28.3 Å². The van der Waals surface area contributed by atoms with Crippen LogP contribution >= 0.6 is 11.6 Å². The average Bonchev–Trinajstić information content (AvgIpc) is 2.70. The smallest absolute Gasteiger partial charge is 0.164 e. The van der Waals surface area contributed by atoms with E-state index >= 15 is 0 Å². The van der Waals surface area contributed by atoms with Crippen LogP contribution < -0.4 is 0 Å². The maximum atomic E-state index is 6.21. The molecule has 0 aliphatic rings. The maximum absolute atomic E-state index is 6.21. The Hall–Kier alpha value is -1.42. The first kappa shape index (κ1) is 13.0. The predicted octanol–water partition coefficient (Wildman–Crippen LogP) is 2.96. The lowest BCUT2D eigenvalue weighted by Gasteiger charge is -2.07. The van der Waals surface area contributed by atoms with Gasteiger partial charge in [-0.25, -0.2) is 9.97 Å². The molecule has 5 heteroatoms. The van der Waals surface area contributed by atoms with E-state index in [0.29, 0.717) is 11.0 Å². The van der Waals surface area contributed by atoms with E-state index in [-0.39, 0.29) is 0 Å². The van der Waals surface area contributed by atoms with Crippen LogP contribution in [0.15, 0.2) is 6.20 Å². The molecule has 4 nitrogen and oxygen atoms in total. The van der Waals surface area contributed by atoms with E-state index in [1.54, 1.807) is 4.68 Å². The number of hydrogen-bond acceptors (Lipinski definition) is 3. The van der Waals surface area contributed by atoms with Gasteiger partial charge in [-0.2, -0.15) is 5.10 Å². The van der Waals surface area contributed by atoms with Gasteiger partial charge in [0.05, 0.1) is 11.3 Å². The molecule has 18 heavy (non-hydrogen) atoms. The molecular weight excluding hydrogens is 248 g/mol. The molecule has 2 aromatic rings. The number of hydrogen-bond donors (Lipinski definition) is 0. The summed E-state index contributed by atoms with van der Waals surface area (Å²) in [5.74, 6) is 0.666. The van der Waals surface area contributed by atoms with Gasteiger partial charge in [-0.05, 0) is 19.8 Å². The molecule has 0 bridgehead atoms. The second-order valence-corrected chi connectivity index (χ2v) is 4.63. The van der Waals surface area contributed by atoms with Crippen LogP contribution in [0.4, 0.5) is 0 Å². The summed E-state index contributed by atoms with van der Waals surface area (Å²) in [5.41, 5.74) is 3.92. The van der Waals surface area contributed by atoms with Crippen LogP contribution in [0, 0.1) is 6.92 Å². The molecule has 0 spiro atoms. The van der Waals surface area contributed by atoms with Gasteiger partial charge in [0.1, 0.15) is 5.15 Å². The standard InChI is InChI=1S/C13H17ClN4/c1-5-9-8(3)15-13(16-12(9)14)10-7-18(4)17-11(10)6-2/h7H,5-6H2,1-4H3. The second-order valence-electron chi connectivity index (χ2n) is 4.27. The Bertz CT molecular complexity index is 551. The lowest BCUT2D eigenvalue weighted by atomic mass is 10.1. The van der Waals surface area contributed by atoms with Crippen LogP contribution in [-0.4, -0.2) is 19.7 Å². The molecule has 2 heterocycles. The van der Waals surface area contributed by atoms with Gasteiger partial charge in [0.25, 0.3) is 0 Å². The summed E-state index contributed by atoms with van der Waals surface area (Å²) >= 11 is 6.21. The first-order valence-corrected chi connectivity index (χ1v) is 6.50. The molecule has 0 N–H and O–H groups in total. The summed E-state index contributed by atoms with van der Waals surface area (Å²) < 4.78 is 1.79. The highest BCUT2D eigenvalue weighted by Crippen LogP contribution is 2.24. The van der Waals surface area contributed by atoms with E-state index in [1.165, 1.54) is 0 Å². The van der Waals surface area contributed by atoms with Gasteiger partial charge < -0.3 is 0 Å². The molecule has 0 aliphatic carbocycles. The molecule has 0 saturated carbocycles. The van der Waals surface area contributed by atoms with Gasteiger partial charge in [-0.3, -0.25) is 4.68 Å². The van der Waals surface area contributed by atoms with Gasteiger partial charge >= 0.3 is 0 Å². The Labute approximate surface area is 112 Å². The lowest BCUT2D eigenvalue weighted by Crippen LogP contribution is -2.00. The highest BCUT2D eigenvalue weighted by Gasteiger charge is 2.14. The van der Waals surface area contributed by atoms with Crippen molar-refractivity contribution in [2.24, 2.45) is 7.05 Å². The zero-order valence-corrected chi connectivity index (χ0v) is 11.9. The average molecular weight is 265 g/mol. The third-order valence-corrected chi connectivity index (χ3v) is 3.31. The van der Waals surface area contributed by atoms with Crippen LogP contribution in [0.1, 0.15) is 30.8 Å². The third-order valence-electron chi connectivity index (χ3n) is 3.00. The minimum absolute atomic E-state index is 0.547. The maximum Gasteiger partial charge on any atom is 0.164 e. The van der Waals surface area contributed by atoms with E-state index in [2.05, 4.69) is 28.9 Å². The first-order chi connectivity index (χ1) is 8.56.